The molecule has 4 nitrogen and oxygen atoms in total. The average molecular weight is 368 g/mol. The average Bonchev–Trinajstić information content (AvgIpc) is 3.45. The van der Waals surface area contributed by atoms with Gasteiger partial charge in [0.15, 0.2) is 0 Å². The molecule has 28 heavy (non-hydrogen) atoms. The van der Waals surface area contributed by atoms with Crippen LogP contribution in [0.4, 0.5) is 0 Å². The van der Waals surface area contributed by atoms with Gasteiger partial charge >= 0.3 is 0 Å². The molecule has 1 aliphatic heterocycles. The third-order valence-corrected chi connectivity index (χ3v) is 5.11. The minimum absolute atomic E-state index is 0.0147. The Hall–Kier alpha value is -3.53. The molecule has 5 rings (SSSR count). The Bertz CT molecular complexity index is 1130. The Morgan fingerprint density at radius 1 is 0.929 bits per heavy atom. The van der Waals surface area contributed by atoms with Crippen molar-refractivity contribution in [3.8, 4) is 11.3 Å². The number of hydrogen-bond donors (Lipinski definition) is 1. The molecule has 2 heterocycles. The molecule has 0 aliphatic carbocycles. The highest BCUT2D eigenvalue weighted by atomic mass is 16.7. The van der Waals surface area contributed by atoms with Gasteiger partial charge in [-0.25, -0.2) is 4.98 Å². The van der Waals surface area contributed by atoms with Gasteiger partial charge in [0.05, 0.1) is 17.8 Å². The summed E-state index contributed by atoms with van der Waals surface area (Å²) in [5.41, 5.74) is 3.35. The molecule has 1 unspecified atom stereocenters. The molecule has 1 N–H and O–H groups in total. The van der Waals surface area contributed by atoms with Gasteiger partial charge in [-0.1, -0.05) is 66.7 Å². The van der Waals surface area contributed by atoms with Crippen molar-refractivity contribution < 1.29 is 9.47 Å². The van der Waals surface area contributed by atoms with Gasteiger partial charge in [-0.05, 0) is 28.8 Å². The van der Waals surface area contributed by atoms with Gasteiger partial charge in [-0.3, -0.25) is 0 Å². The van der Waals surface area contributed by atoms with Gasteiger partial charge < -0.3 is 14.5 Å². The van der Waals surface area contributed by atoms with Crippen molar-refractivity contribution in [2.24, 2.45) is 0 Å². The van der Waals surface area contributed by atoms with Crippen molar-refractivity contribution in [3.63, 3.8) is 0 Å². The summed E-state index contributed by atoms with van der Waals surface area (Å²) in [5.74, 6) is 1.67. The number of H-pyrrole nitrogens is 1. The van der Waals surface area contributed by atoms with E-state index < -0.39 is 0 Å². The Balaban J connectivity index is 1.49. The van der Waals surface area contributed by atoms with Crippen molar-refractivity contribution >= 4 is 10.8 Å². The summed E-state index contributed by atoms with van der Waals surface area (Å²) in [6, 6.07) is 25.2. The van der Waals surface area contributed by atoms with Gasteiger partial charge in [0.2, 0.25) is 6.79 Å². The van der Waals surface area contributed by atoms with E-state index in [4.69, 9.17) is 9.47 Å². The highest BCUT2D eigenvalue weighted by molar-refractivity contribution is 5.86. The molecule has 0 spiro atoms. The number of benzene rings is 3. The first-order valence-corrected chi connectivity index (χ1v) is 9.39. The van der Waals surface area contributed by atoms with E-state index in [0.29, 0.717) is 0 Å². The van der Waals surface area contributed by atoms with E-state index in [0.717, 1.165) is 29.3 Å². The topological polar surface area (TPSA) is 47.1 Å². The van der Waals surface area contributed by atoms with Gasteiger partial charge in [0.1, 0.15) is 17.8 Å². The second-order valence-corrected chi connectivity index (χ2v) is 6.94. The van der Waals surface area contributed by atoms with Gasteiger partial charge in [-0.15, -0.1) is 0 Å². The van der Waals surface area contributed by atoms with Crippen LogP contribution < -0.4 is 0 Å². The Morgan fingerprint density at radius 2 is 1.75 bits per heavy atom. The zero-order chi connectivity index (χ0) is 18.8. The number of imidazole rings is 1. The number of aromatic nitrogens is 2. The van der Waals surface area contributed by atoms with Gasteiger partial charge in [-0.2, -0.15) is 0 Å². The van der Waals surface area contributed by atoms with Crippen LogP contribution in [-0.2, 0) is 15.9 Å². The molecule has 0 fully saturated rings. The lowest BCUT2D eigenvalue weighted by atomic mass is 9.97. The van der Waals surface area contributed by atoms with Crippen LogP contribution in [0.5, 0.6) is 0 Å². The van der Waals surface area contributed by atoms with Crippen molar-refractivity contribution in [1.82, 2.24) is 9.97 Å². The fourth-order valence-corrected chi connectivity index (χ4v) is 3.63. The monoisotopic (exact) mass is 368 g/mol. The molecule has 3 aromatic carbocycles. The van der Waals surface area contributed by atoms with E-state index in [1.807, 2.05) is 12.3 Å². The normalized spacial score (nSPS) is 14.4. The highest BCUT2D eigenvalue weighted by Crippen LogP contribution is 2.31. The summed E-state index contributed by atoms with van der Waals surface area (Å²) in [7, 11) is 0. The van der Waals surface area contributed by atoms with Crippen LogP contribution in [0.25, 0.3) is 22.0 Å². The predicted molar refractivity (Wildman–Crippen MR) is 110 cm³/mol. The van der Waals surface area contributed by atoms with E-state index in [9.17, 15) is 0 Å². The predicted octanol–water partition coefficient (Wildman–Crippen LogP) is 5.40. The lowest BCUT2D eigenvalue weighted by Gasteiger charge is -2.14. The van der Waals surface area contributed by atoms with Crippen molar-refractivity contribution in [3.05, 3.63) is 102 Å². The van der Waals surface area contributed by atoms with E-state index in [2.05, 4.69) is 76.7 Å². The molecule has 4 heteroatoms. The van der Waals surface area contributed by atoms with Gasteiger partial charge in [0.25, 0.3) is 0 Å². The maximum absolute atomic E-state index is 5.69. The first-order chi connectivity index (χ1) is 13.9. The zero-order valence-electron chi connectivity index (χ0n) is 15.3. The molecule has 4 aromatic rings. The van der Waals surface area contributed by atoms with Gasteiger partial charge in [0, 0.05) is 5.56 Å². The summed E-state index contributed by atoms with van der Waals surface area (Å²) >= 11 is 0. The Labute approximate surface area is 163 Å². The van der Waals surface area contributed by atoms with E-state index in [1.165, 1.54) is 16.3 Å². The lowest BCUT2D eigenvalue weighted by Crippen LogP contribution is -2.09. The number of hydrogen-bond acceptors (Lipinski definition) is 3. The second kappa shape index (κ2) is 7.24. The summed E-state index contributed by atoms with van der Waals surface area (Å²) in [5, 5.41) is 2.45. The zero-order valence-corrected chi connectivity index (χ0v) is 15.3. The third-order valence-electron chi connectivity index (χ3n) is 5.11. The Kier molecular flexibility index (Phi) is 4.30. The van der Waals surface area contributed by atoms with Crippen LogP contribution >= 0.6 is 0 Å². The molecular weight excluding hydrogens is 348 g/mol. The van der Waals surface area contributed by atoms with E-state index >= 15 is 0 Å². The number of allylic oxidation sites excluding steroid dienone is 1. The molecule has 1 atom stereocenters. The van der Waals surface area contributed by atoms with Crippen LogP contribution in [0.2, 0.25) is 0 Å². The number of ether oxygens (including phenoxy) is 2. The highest BCUT2D eigenvalue weighted by Gasteiger charge is 2.25. The molecular formula is C24H20N2O2. The minimum Gasteiger partial charge on any atom is -0.462 e. The summed E-state index contributed by atoms with van der Waals surface area (Å²) in [4.78, 5) is 8.19. The van der Waals surface area contributed by atoms with Crippen molar-refractivity contribution in [2.45, 2.75) is 12.3 Å². The standard InChI is InChI=1S/C24H20N2O2/c1-2-6-17(7-3-1)12-21(23-15-27-16-28-23)24-25-14-22(26-24)20-11-10-18-8-4-5-9-19(18)13-20/h1-11,13-15,21H,12,16H2,(H,25,26). The van der Waals surface area contributed by atoms with E-state index in [-0.39, 0.29) is 12.7 Å². The van der Waals surface area contributed by atoms with Crippen LogP contribution in [0, 0.1) is 0 Å². The minimum atomic E-state index is -0.0147. The Morgan fingerprint density at radius 3 is 2.57 bits per heavy atom. The van der Waals surface area contributed by atoms with E-state index in [1.54, 1.807) is 6.26 Å². The fourth-order valence-electron chi connectivity index (χ4n) is 3.63. The number of rotatable bonds is 5. The number of fused-ring (bicyclic) bond motifs is 1. The van der Waals surface area contributed by atoms with Crippen molar-refractivity contribution in [1.29, 1.82) is 0 Å². The number of nitrogens with one attached hydrogen (secondary N) is 1. The molecule has 1 aromatic heterocycles. The lowest BCUT2D eigenvalue weighted by molar-refractivity contribution is 0.0748. The SMILES string of the molecule is C1=C(C(Cc2ccccc2)c2ncc(-c3ccc4ccccc4c3)[nH]2)OCO1. The molecule has 138 valence electrons. The molecule has 0 radical (unpaired) electrons. The second-order valence-electron chi connectivity index (χ2n) is 6.94. The summed E-state index contributed by atoms with van der Waals surface area (Å²) < 4.78 is 11.0. The van der Waals surface area contributed by atoms with Crippen LogP contribution in [0.3, 0.4) is 0 Å². The molecule has 0 bridgehead atoms. The molecule has 1 aliphatic rings. The van der Waals surface area contributed by atoms with Crippen LogP contribution in [0.1, 0.15) is 17.3 Å². The molecule has 0 amide bonds. The van der Waals surface area contributed by atoms with Crippen LogP contribution in [-0.4, -0.2) is 16.8 Å². The first-order valence-electron chi connectivity index (χ1n) is 9.39. The number of aromatic amines is 1. The molecule has 0 saturated carbocycles. The maximum atomic E-state index is 5.69. The third kappa shape index (κ3) is 3.25. The van der Waals surface area contributed by atoms with Crippen molar-refractivity contribution in [2.75, 3.05) is 6.79 Å². The summed E-state index contributed by atoms with van der Waals surface area (Å²) in [6.45, 7) is 0.263. The number of nitrogens with zero attached hydrogens (tertiary/aromatic N) is 1. The maximum Gasteiger partial charge on any atom is 0.229 e. The summed E-state index contributed by atoms with van der Waals surface area (Å²) in [6.07, 6.45) is 4.39. The smallest absolute Gasteiger partial charge is 0.229 e. The quantitative estimate of drug-likeness (QED) is 0.513. The molecule has 0 saturated heterocycles. The van der Waals surface area contributed by atoms with Crippen LogP contribution in [0.15, 0.2) is 91.0 Å². The largest absolute Gasteiger partial charge is 0.462 e. The fraction of sp³-hybridized carbons (Fsp3) is 0.125. The first kappa shape index (κ1) is 16.6.